The molecule has 1 saturated carbocycles. The van der Waals surface area contributed by atoms with Crippen LogP contribution in [0, 0.1) is 5.92 Å². The van der Waals surface area contributed by atoms with E-state index < -0.39 is 11.2 Å². The Morgan fingerprint density at radius 2 is 2.28 bits per heavy atom. The third-order valence-electron chi connectivity index (χ3n) is 4.32. The Kier molecular flexibility index (Phi) is 3.83. The van der Waals surface area contributed by atoms with Crippen LogP contribution >= 0.6 is 0 Å². The van der Waals surface area contributed by atoms with E-state index in [1.165, 1.54) is 6.07 Å². The van der Waals surface area contributed by atoms with E-state index in [-0.39, 0.29) is 17.1 Å². The van der Waals surface area contributed by atoms with Crippen molar-refractivity contribution < 1.29 is 9.25 Å². The van der Waals surface area contributed by atoms with E-state index in [1.54, 1.807) is 0 Å². The van der Waals surface area contributed by atoms with Gasteiger partial charge in [-0.3, -0.25) is 9.78 Å². The van der Waals surface area contributed by atoms with Crippen molar-refractivity contribution >= 4 is 16.8 Å². The summed E-state index contributed by atoms with van der Waals surface area (Å²) in [5, 5.41) is 4.46. The number of H-pyrrole nitrogens is 1. The normalized spacial score (nSPS) is 17.2. The molecule has 25 heavy (non-hydrogen) atoms. The third kappa shape index (κ3) is 3.05. The zero-order chi connectivity index (χ0) is 17.4. The molecule has 0 amide bonds. The van der Waals surface area contributed by atoms with Gasteiger partial charge in [-0.15, -0.1) is 0 Å². The highest BCUT2D eigenvalue weighted by atomic mass is 16.6. The van der Waals surface area contributed by atoms with E-state index >= 15 is 0 Å². The lowest BCUT2D eigenvalue weighted by molar-refractivity contribution is 0.310. The van der Waals surface area contributed by atoms with Gasteiger partial charge in [-0.05, 0) is 36.8 Å². The average molecular weight is 339 g/mol. The van der Waals surface area contributed by atoms with Gasteiger partial charge in [0.15, 0.2) is 0 Å². The first-order valence-corrected chi connectivity index (χ1v) is 8.34. The molecule has 2 aromatic heterocycles. The first-order valence-electron chi connectivity index (χ1n) is 8.34. The summed E-state index contributed by atoms with van der Waals surface area (Å²) >= 11 is 0. The molecule has 4 rings (SSSR count). The van der Waals surface area contributed by atoms with E-state index in [1.807, 2.05) is 13.0 Å². The van der Waals surface area contributed by atoms with Crippen LogP contribution in [0.1, 0.15) is 31.7 Å². The fourth-order valence-corrected chi connectivity index (χ4v) is 2.91. The predicted octanol–water partition coefficient (Wildman–Crippen LogP) is 2.47. The molecule has 7 nitrogen and oxygen atoms in total. The minimum atomic E-state index is -0.545. The predicted molar refractivity (Wildman–Crippen MR) is 92.9 cm³/mol. The highest BCUT2D eigenvalue weighted by Crippen LogP contribution is 2.34. The molecule has 1 N–H and O–H groups in total. The van der Waals surface area contributed by atoms with Crippen molar-refractivity contribution in [3.63, 3.8) is 0 Å². The Hall–Kier alpha value is -2.96. The topological polar surface area (TPSA) is 97.5 Å². The molecule has 0 saturated heterocycles. The van der Waals surface area contributed by atoms with E-state index in [0.29, 0.717) is 17.9 Å². The SMILES string of the molecule is CCc1cc(=O)oc2nc(O/N=C(\C3=CCC=C3)C3CC3)[nH]c(=O)c12. The second kappa shape index (κ2) is 6.16. The number of aromatic amines is 1. The number of allylic oxidation sites excluding steroid dienone is 4. The smallest absolute Gasteiger partial charge is 0.337 e. The van der Waals surface area contributed by atoms with Crippen LogP contribution in [0.4, 0.5) is 0 Å². The van der Waals surface area contributed by atoms with Crippen LogP contribution in [0.5, 0.6) is 6.01 Å². The number of aromatic nitrogens is 2. The van der Waals surface area contributed by atoms with E-state index in [9.17, 15) is 9.59 Å². The Bertz CT molecular complexity index is 1040. The molecule has 0 aliphatic heterocycles. The number of nitrogens with one attached hydrogen (secondary N) is 1. The van der Waals surface area contributed by atoms with Crippen LogP contribution in [0.25, 0.3) is 11.1 Å². The fraction of sp³-hybridized carbons (Fsp3) is 0.333. The molecule has 128 valence electrons. The van der Waals surface area contributed by atoms with Crippen LogP contribution in [0.15, 0.2) is 49.0 Å². The Morgan fingerprint density at radius 1 is 1.44 bits per heavy atom. The summed E-state index contributed by atoms with van der Waals surface area (Å²) in [5.74, 6) is 0.380. The molecule has 0 aromatic carbocycles. The summed E-state index contributed by atoms with van der Waals surface area (Å²) in [6, 6.07) is 1.22. The van der Waals surface area contributed by atoms with E-state index in [0.717, 1.165) is 30.5 Å². The average Bonchev–Trinajstić information content (AvgIpc) is 3.28. The molecule has 2 aliphatic rings. The Morgan fingerprint density at radius 3 is 2.96 bits per heavy atom. The van der Waals surface area contributed by atoms with Crippen LogP contribution in [-0.2, 0) is 6.42 Å². The van der Waals surface area contributed by atoms with Gasteiger partial charge in [0.05, 0.1) is 5.71 Å². The number of hydrogen-bond acceptors (Lipinski definition) is 6. The molecular formula is C18H17N3O4. The van der Waals surface area contributed by atoms with Gasteiger partial charge in [-0.1, -0.05) is 30.3 Å². The number of oxime groups is 1. The molecule has 7 heteroatoms. The molecular weight excluding hydrogens is 322 g/mol. The second-order valence-corrected chi connectivity index (χ2v) is 6.14. The lowest BCUT2D eigenvalue weighted by atomic mass is 10.1. The maximum atomic E-state index is 12.3. The Balaban J connectivity index is 1.72. The Labute approximate surface area is 142 Å². The van der Waals surface area contributed by atoms with Crippen molar-refractivity contribution in [2.24, 2.45) is 11.1 Å². The standard InChI is InChI=1S/C18H17N3O4/c1-2-10-9-13(22)24-17-14(10)16(23)19-18(20-17)25-21-15(12-7-8-12)11-5-3-4-6-11/h3,5-6,9,12H,2,4,7-8H2,1H3,(H,19,20,23)/b21-15+. The molecule has 0 atom stereocenters. The number of rotatable bonds is 5. The number of nitrogens with zero attached hydrogens (tertiary/aromatic N) is 2. The van der Waals surface area contributed by atoms with E-state index in [4.69, 9.17) is 9.25 Å². The minimum Gasteiger partial charge on any atom is -0.403 e. The van der Waals surface area contributed by atoms with Crippen molar-refractivity contribution in [1.29, 1.82) is 0 Å². The minimum absolute atomic E-state index is 0.0359. The number of aryl methyl sites for hydroxylation is 1. The first-order chi connectivity index (χ1) is 12.2. The van der Waals surface area contributed by atoms with Crippen LogP contribution in [0.3, 0.4) is 0 Å². The van der Waals surface area contributed by atoms with Crippen molar-refractivity contribution in [3.8, 4) is 6.01 Å². The molecule has 2 heterocycles. The lowest BCUT2D eigenvalue weighted by Gasteiger charge is -2.05. The molecule has 2 aliphatic carbocycles. The highest BCUT2D eigenvalue weighted by Gasteiger charge is 2.30. The van der Waals surface area contributed by atoms with Gasteiger partial charge in [-0.2, -0.15) is 4.98 Å². The molecule has 0 unspecified atom stereocenters. The molecule has 0 radical (unpaired) electrons. The summed E-state index contributed by atoms with van der Waals surface area (Å²) in [4.78, 5) is 36.0. The molecule has 0 spiro atoms. The quantitative estimate of drug-likeness (QED) is 0.666. The van der Waals surface area contributed by atoms with Gasteiger partial charge in [0.2, 0.25) is 5.71 Å². The zero-order valence-electron chi connectivity index (χ0n) is 13.7. The van der Waals surface area contributed by atoms with E-state index in [2.05, 4.69) is 27.3 Å². The summed E-state index contributed by atoms with van der Waals surface area (Å²) < 4.78 is 5.05. The second-order valence-electron chi connectivity index (χ2n) is 6.14. The molecule has 0 bridgehead atoms. The first kappa shape index (κ1) is 15.6. The number of hydrogen-bond donors (Lipinski definition) is 1. The largest absolute Gasteiger partial charge is 0.403 e. The van der Waals surface area contributed by atoms with Crippen LogP contribution < -0.4 is 16.0 Å². The van der Waals surface area contributed by atoms with Crippen molar-refractivity contribution in [2.45, 2.75) is 32.6 Å². The van der Waals surface area contributed by atoms with Crippen molar-refractivity contribution in [3.05, 3.63) is 56.2 Å². The summed E-state index contributed by atoms with van der Waals surface area (Å²) in [7, 11) is 0. The maximum Gasteiger partial charge on any atom is 0.337 e. The molecule has 2 aromatic rings. The highest BCUT2D eigenvalue weighted by molar-refractivity contribution is 6.05. The summed E-state index contributed by atoms with van der Waals surface area (Å²) in [6.07, 6.45) is 9.72. The fourth-order valence-electron chi connectivity index (χ4n) is 2.91. The van der Waals surface area contributed by atoms with Gasteiger partial charge in [0.25, 0.3) is 5.56 Å². The van der Waals surface area contributed by atoms with Gasteiger partial charge in [-0.25, -0.2) is 4.79 Å². The van der Waals surface area contributed by atoms with Crippen molar-refractivity contribution in [1.82, 2.24) is 9.97 Å². The van der Waals surface area contributed by atoms with Crippen LogP contribution in [0.2, 0.25) is 0 Å². The zero-order valence-corrected chi connectivity index (χ0v) is 13.7. The van der Waals surface area contributed by atoms with Gasteiger partial charge < -0.3 is 9.25 Å². The number of fused-ring (bicyclic) bond motifs is 1. The molecule has 1 fully saturated rings. The third-order valence-corrected chi connectivity index (χ3v) is 4.32. The van der Waals surface area contributed by atoms with Gasteiger partial charge in [0.1, 0.15) is 5.39 Å². The monoisotopic (exact) mass is 339 g/mol. The van der Waals surface area contributed by atoms with Crippen molar-refractivity contribution in [2.75, 3.05) is 0 Å². The van der Waals surface area contributed by atoms with Gasteiger partial charge >= 0.3 is 11.6 Å². The summed E-state index contributed by atoms with van der Waals surface area (Å²) in [5.41, 5.74) is 1.51. The van der Waals surface area contributed by atoms with Gasteiger partial charge in [0, 0.05) is 12.0 Å². The lowest BCUT2D eigenvalue weighted by Crippen LogP contribution is -2.15. The van der Waals surface area contributed by atoms with Crippen LogP contribution in [-0.4, -0.2) is 15.7 Å². The maximum absolute atomic E-state index is 12.3. The summed E-state index contributed by atoms with van der Waals surface area (Å²) in [6.45, 7) is 1.85.